The fraction of sp³-hybridized carbons (Fsp3) is 0.143. The van der Waals surface area contributed by atoms with Crippen molar-refractivity contribution >= 4 is 36.0 Å². The summed E-state index contributed by atoms with van der Waals surface area (Å²) in [5, 5.41) is 0.0810. The smallest absolute Gasteiger partial charge is 1.00 e. The van der Waals surface area contributed by atoms with Crippen LogP contribution in [-0.2, 0) is 4.57 Å². The minimum Gasteiger partial charge on any atom is -1.00 e. The molecule has 0 radical (unpaired) electrons. The molecule has 0 fully saturated rings. The van der Waals surface area contributed by atoms with Gasteiger partial charge in [-0.3, -0.25) is 4.57 Å². The molecule has 0 atom stereocenters. The Kier molecular flexibility index (Phi) is 4.44. The van der Waals surface area contributed by atoms with Crippen LogP contribution < -0.4 is 5.30 Å². The van der Waals surface area contributed by atoms with Gasteiger partial charge in [-0.1, -0.05) is 17.7 Å². The molecule has 1 rings (SSSR count). The molecule has 1 aromatic rings. The molecule has 0 spiro atoms. The molecule has 5 heteroatoms. The molecular weight excluding hydrogens is 187 g/mol. The van der Waals surface area contributed by atoms with Crippen molar-refractivity contribution in [2.24, 2.45) is 0 Å². The van der Waals surface area contributed by atoms with E-state index in [0.29, 0.717) is 0 Å². The van der Waals surface area contributed by atoms with Crippen molar-refractivity contribution in [3.05, 3.63) is 29.8 Å². The van der Waals surface area contributed by atoms with E-state index in [0.717, 1.165) is 5.56 Å². The van der Waals surface area contributed by atoms with Crippen LogP contribution in [0.25, 0.3) is 0 Å². The second kappa shape index (κ2) is 4.39. The van der Waals surface area contributed by atoms with Gasteiger partial charge in [0.25, 0.3) is 0 Å². The van der Waals surface area contributed by atoms with E-state index in [1.54, 1.807) is 19.1 Å². The molecule has 0 amide bonds. The van der Waals surface area contributed by atoms with Gasteiger partial charge in [0.1, 0.15) is 0 Å². The minimum atomic E-state index is -4.05. The third kappa shape index (κ3) is 3.25. The van der Waals surface area contributed by atoms with Gasteiger partial charge < -0.3 is 12.6 Å². The molecule has 0 aliphatic rings. The van der Waals surface area contributed by atoms with Crippen molar-refractivity contribution in [3.63, 3.8) is 0 Å². The third-order valence-corrected chi connectivity index (χ3v) is 2.29. The predicted molar refractivity (Wildman–Crippen MR) is 50.8 cm³/mol. The Bertz CT molecular complexity index is 316. The molecule has 0 aromatic heterocycles. The van der Waals surface area contributed by atoms with E-state index in [4.69, 9.17) is 9.79 Å². The molecule has 3 nitrogen and oxygen atoms in total. The van der Waals surface area contributed by atoms with E-state index in [9.17, 15) is 4.57 Å². The number of rotatable bonds is 1. The van der Waals surface area contributed by atoms with Crippen molar-refractivity contribution in [3.8, 4) is 0 Å². The molecule has 0 aliphatic carbocycles. The van der Waals surface area contributed by atoms with E-state index in [-0.39, 0.29) is 31.2 Å². The van der Waals surface area contributed by atoms with Crippen LogP contribution in [0, 0.1) is 6.92 Å². The predicted octanol–water partition coefficient (Wildman–Crippen LogP) is 0.642. The van der Waals surface area contributed by atoms with Crippen LogP contribution in [0.15, 0.2) is 24.3 Å². The topological polar surface area (TPSA) is 57.5 Å². The van der Waals surface area contributed by atoms with Gasteiger partial charge in [-0.25, -0.2) is 0 Å². The summed E-state index contributed by atoms with van der Waals surface area (Å²) in [5.74, 6) is 0. The molecule has 0 aliphatic heterocycles. The van der Waals surface area contributed by atoms with E-state index in [1.807, 2.05) is 0 Å². The summed E-state index contributed by atoms with van der Waals surface area (Å²) in [7, 11) is -4.05. The molecule has 0 saturated heterocycles. The van der Waals surface area contributed by atoms with Crippen LogP contribution >= 0.6 is 7.60 Å². The maximum Gasteiger partial charge on any atom is 2.00 e. The second-order valence-electron chi connectivity index (χ2n) is 2.38. The fourth-order valence-electron chi connectivity index (χ4n) is 0.809. The molecule has 0 bridgehead atoms. The van der Waals surface area contributed by atoms with Gasteiger partial charge in [0, 0.05) is 0 Å². The van der Waals surface area contributed by atoms with Crippen LogP contribution in [0.1, 0.15) is 8.42 Å². The maximum atomic E-state index is 10.7. The van der Waals surface area contributed by atoms with Crippen molar-refractivity contribution in [1.82, 2.24) is 0 Å². The molecule has 0 heterocycles. The molecule has 0 saturated carbocycles. The first-order valence-corrected chi connectivity index (χ1v) is 4.74. The average Bonchev–Trinajstić information content (AvgIpc) is 1.86. The first kappa shape index (κ1) is 12.1. The van der Waals surface area contributed by atoms with Gasteiger partial charge in [0.2, 0.25) is 0 Å². The normalized spacial score (nSPS) is 10.6. The van der Waals surface area contributed by atoms with Crippen molar-refractivity contribution < 1.29 is 17.2 Å². The van der Waals surface area contributed by atoms with E-state index in [2.05, 4.69) is 0 Å². The van der Waals surface area contributed by atoms with Crippen LogP contribution in [0.3, 0.4) is 0 Å². The summed E-state index contributed by atoms with van der Waals surface area (Å²) in [5.41, 5.74) is 0.853. The van der Waals surface area contributed by atoms with Crippen LogP contribution in [0.4, 0.5) is 0 Å². The Hall–Kier alpha value is 0.136. The Morgan fingerprint density at radius 2 is 2.00 bits per heavy atom. The third-order valence-electron chi connectivity index (χ3n) is 1.34. The molecular formula is C7H11MgO3P. The van der Waals surface area contributed by atoms with Crippen LogP contribution in [-0.4, -0.2) is 32.8 Å². The van der Waals surface area contributed by atoms with E-state index >= 15 is 0 Å². The van der Waals surface area contributed by atoms with Crippen molar-refractivity contribution in [1.29, 1.82) is 0 Å². The Labute approximate surface area is 90.1 Å². The van der Waals surface area contributed by atoms with Gasteiger partial charge in [0.05, 0.1) is 5.30 Å². The van der Waals surface area contributed by atoms with Gasteiger partial charge in [-0.05, 0) is 19.1 Å². The van der Waals surface area contributed by atoms with Crippen molar-refractivity contribution in [2.45, 2.75) is 6.92 Å². The van der Waals surface area contributed by atoms with Crippen LogP contribution in [0.2, 0.25) is 0 Å². The number of aryl methyl sites for hydroxylation is 1. The molecule has 1 aromatic carbocycles. The summed E-state index contributed by atoms with van der Waals surface area (Å²) >= 11 is 0. The Morgan fingerprint density at radius 3 is 2.33 bits per heavy atom. The molecule has 2 N–H and O–H groups in total. The summed E-state index contributed by atoms with van der Waals surface area (Å²) in [6, 6.07) is 6.33. The summed E-state index contributed by atoms with van der Waals surface area (Å²) < 4.78 is 10.7. The maximum absolute atomic E-state index is 10.7. The first-order chi connectivity index (χ1) is 5.00. The Balaban J connectivity index is -0.000000403. The van der Waals surface area contributed by atoms with Gasteiger partial charge in [-0.15, -0.1) is 0 Å². The summed E-state index contributed by atoms with van der Waals surface area (Å²) in [4.78, 5) is 17.4. The zero-order valence-corrected chi connectivity index (χ0v) is 9.08. The monoisotopic (exact) mass is 198 g/mol. The van der Waals surface area contributed by atoms with Gasteiger partial charge in [-0.2, -0.15) is 0 Å². The SMILES string of the molecule is Cc1cccc(P(=O)(O)O)c1.[H-].[H-].[Mg+2]. The Morgan fingerprint density at radius 1 is 1.42 bits per heavy atom. The number of hydrogen-bond donors (Lipinski definition) is 2. The minimum absolute atomic E-state index is 0. The first-order valence-electron chi connectivity index (χ1n) is 3.13. The van der Waals surface area contributed by atoms with Gasteiger partial charge in [0.15, 0.2) is 0 Å². The zero-order valence-electron chi connectivity index (χ0n) is 8.77. The fourth-order valence-corrected chi connectivity index (χ4v) is 1.46. The van der Waals surface area contributed by atoms with E-state index in [1.165, 1.54) is 12.1 Å². The molecule has 12 heavy (non-hydrogen) atoms. The quantitative estimate of drug-likeness (QED) is 0.514. The number of benzene rings is 1. The summed E-state index contributed by atoms with van der Waals surface area (Å²) in [6.45, 7) is 1.79. The van der Waals surface area contributed by atoms with Gasteiger partial charge >= 0.3 is 30.6 Å². The largest absolute Gasteiger partial charge is 2.00 e. The average molecular weight is 198 g/mol. The summed E-state index contributed by atoms with van der Waals surface area (Å²) in [6.07, 6.45) is 0. The standard InChI is InChI=1S/C7H9O3P.Mg.2H/c1-6-3-2-4-7(5-6)11(8,9)10;;;/h2-5H,1H3,(H2,8,9,10);;;/q;+2;2*-1. The van der Waals surface area contributed by atoms with E-state index < -0.39 is 7.60 Å². The number of hydrogen-bond acceptors (Lipinski definition) is 1. The molecule has 64 valence electrons. The zero-order chi connectivity index (χ0) is 8.48. The van der Waals surface area contributed by atoms with Crippen molar-refractivity contribution in [2.75, 3.05) is 0 Å². The molecule has 0 unspecified atom stereocenters. The second-order valence-corrected chi connectivity index (χ2v) is 3.99. The van der Waals surface area contributed by atoms with Crippen LogP contribution in [0.5, 0.6) is 0 Å².